The Labute approximate surface area is 63.7 Å². The summed E-state index contributed by atoms with van der Waals surface area (Å²) in [6.45, 7) is 1.92. The van der Waals surface area contributed by atoms with Crippen molar-refractivity contribution in [3.05, 3.63) is 24.0 Å². The van der Waals surface area contributed by atoms with E-state index in [4.69, 9.17) is 5.73 Å². The first-order chi connectivity index (χ1) is 5.27. The third-order valence-corrected chi connectivity index (χ3v) is 1.52. The molecule has 0 bridgehead atoms. The number of hydrogen-bond acceptors (Lipinski definition) is 3. The number of hydrogen-bond donors (Lipinski definition) is 1. The van der Waals surface area contributed by atoms with Crippen LogP contribution in [0, 0.1) is 6.92 Å². The lowest BCUT2D eigenvalue weighted by molar-refractivity contribution is 0.910. The van der Waals surface area contributed by atoms with Gasteiger partial charge >= 0.3 is 0 Å². The molecule has 0 saturated heterocycles. The zero-order valence-corrected chi connectivity index (χ0v) is 6.15. The number of anilines is 1. The fourth-order valence-electron chi connectivity index (χ4n) is 0.983. The van der Waals surface area contributed by atoms with E-state index in [0.29, 0.717) is 5.82 Å². The predicted octanol–water partition coefficient (Wildman–Crippen LogP) is 0.620. The average Bonchev–Trinajstić information content (AvgIpc) is 2.33. The van der Waals surface area contributed by atoms with Crippen LogP contribution in [0.15, 0.2) is 18.3 Å². The number of rotatable bonds is 0. The Morgan fingerprint density at radius 3 is 3.09 bits per heavy atom. The first-order valence-corrected chi connectivity index (χ1v) is 3.34. The van der Waals surface area contributed by atoms with Gasteiger partial charge in [-0.25, -0.2) is 4.98 Å². The van der Waals surface area contributed by atoms with Crippen molar-refractivity contribution in [3.8, 4) is 0 Å². The summed E-state index contributed by atoms with van der Waals surface area (Å²) in [6, 6.07) is 3.79. The molecule has 0 radical (unpaired) electrons. The van der Waals surface area contributed by atoms with Gasteiger partial charge < -0.3 is 5.73 Å². The quantitative estimate of drug-likeness (QED) is 0.595. The van der Waals surface area contributed by atoms with Gasteiger partial charge in [-0.05, 0) is 19.1 Å². The van der Waals surface area contributed by atoms with Gasteiger partial charge in [0.1, 0.15) is 5.82 Å². The van der Waals surface area contributed by atoms with Crippen molar-refractivity contribution in [1.82, 2.24) is 14.6 Å². The van der Waals surface area contributed by atoms with Crippen LogP contribution in [0.5, 0.6) is 0 Å². The molecular formula is C7H8N4. The van der Waals surface area contributed by atoms with Crippen LogP contribution in [0.3, 0.4) is 0 Å². The first-order valence-electron chi connectivity index (χ1n) is 3.34. The standard InChI is InChI=1S/C7H8N4/c1-5-2-3-7-9-4-6(8)11(7)10-5/h2-4H,8H2,1H3. The lowest BCUT2D eigenvalue weighted by Crippen LogP contribution is -1.97. The van der Waals surface area contributed by atoms with Gasteiger partial charge in [0, 0.05) is 0 Å². The van der Waals surface area contributed by atoms with Gasteiger partial charge in [-0.1, -0.05) is 0 Å². The molecule has 0 fully saturated rings. The van der Waals surface area contributed by atoms with Crippen LogP contribution in [0.4, 0.5) is 5.82 Å². The molecule has 2 aromatic rings. The number of aryl methyl sites for hydroxylation is 1. The molecule has 11 heavy (non-hydrogen) atoms. The summed E-state index contributed by atoms with van der Waals surface area (Å²) in [5.41, 5.74) is 7.30. The number of nitrogens with zero attached hydrogens (tertiary/aromatic N) is 3. The van der Waals surface area contributed by atoms with Crippen molar-refractivity contribution in [2.24, 2.45) is 0 Å². The SMILES string of the molecule is Cc1ccc2ncc(N)n2n1. The second kappa shape index (κ2) is 1.95. The molecule has 0 spiro atoms. The topological polar surface area (TPSA) is 56.2 Å². The van der Waals surface area contributed by atoms with E-state index in [9.17, 15) is 0 Å². The third-order valence-electron chi connectivity index (χ3n) is 1.52. The Morgan fingerprint density at radius 2 is 2.27 bits per heavy atom. The summed E-state index contributed by atoms with van der Waals surface area (Å²) in [6.07, 6.45) is 1.60. The molecule has 2 rings (SSSR count). The highest BCUT2D eigenvalue weighted by atomic mass is 15.3. The highest BCUT2D eigenvalue weighted by Gasteiger charge is 1.98. The Bertz CT molecular complexity index is 390. The smallest absolute Gasteiger partial charge is 0.155 e. The monoisotopic (exact) mass is 148 g/mol. The van der Waals surface area contributed by atoms with E-state index in [1.165, 1.54) is 0 Å². The van der Waals surface area contributed by atoms with Crippen molar-refractivity contribution < 1.29 is 0 Å². The second-order valence-electron chi connectivity index (χ2n) is 2.43. The number of aromatic nitrogens is 3. The Kier molecular flexibility index (Phi) is 1.09. The van der Waals surface area contributed by atoms with E-state index in [1.807, 2.05) is 19.1 Å². The molecule has 56 valence electrons. The zero-order chi connectivity index (χ0) is 7.84. The summed E-state index contributed by atoms with van der Waals surface area (Å²) in [7, 11) is 0. The summed E-state index contributed by atoms with van der Waals surface area (Å²) >= 11 is 0. The molecule has 4 nitrogen and oxygen atoms in total. The summed E-state index contributed by atoms with van der Waals surface area (Å²) in [5.74, 6) is 0.573. The van der Waals surface area contributed by atoms with Crippen LogP contribution in [-0.4, -0.2) is 14.6 Å². The van der Waals surface area contributed by atoms with Gasteiger partial charge in [0.25, 0.3) is 0 Å². The van der Waals surface area contributed by atoms with Crippen LogP contribution in [0.1, 0.15) is 5.69 Å². The van der Waals surface area contributed by atoms with Gasteiger partial charge in [0.05, 0.1) is 11.9 Å². The minimum atomic E-state index is 0.573. The Balaban J connectivity index is 2.87. The van der Waals surface area contributed by atoms with Crippen LogP contribution in [0.25, 0.3) is 5.65 Å². The molecule has 4 heteroatoms. The van der Waals surface area contributed by atoms with E-state index in [2.05, 4.69) is 10.1 Å². The van der Waals surface area contributed by atoms with Crippen molar-refractivity contribution in [3.63, 3.8) is 0 Å². The lowest BCUT2D eigenvalue weighted by Gasteiger charge is -1.94. The Morgan fingerprint density at radius 1 is 1.45 bits per heavy atom. The minimum absolute atomic E-state index is 0.573. The molecule has 2 N–H and O–H groups in total. The Hall–Kier alpha value is -1.58. The third kappa shape index (κ3) is 0.832. The molecule has 0 aromatic carbocycles. The maximum Gasteiger partial charge on any atom is 0.155 e. The molecule has 0 unspecified atom stereocenters. The van der Waals surface area contributed by atoms with E-state index in [0.717, 1.165) is 11.3 Å². The van der Waals surface area contributed by atoms with Crippen LogP contribution in [0.2, 0.25) is 0 Å². The number of nitrogen functional groups attached to an aromatic ring is 1. The number of nitrogens with two attached hydrogens (primary N) is 1. The predicted molar refractivity (Wildman–Crippen MR) is 42.1 cm³/mol. The van der Waals surface area contributed by atoms with Gasteiger partial charge in [0.15, 0.2) is 5.65 Å². The normalized spacial score (nSPS) is 10.6. The number of fused-ring (bicyclic) bond motifs is 1. The molecule has 0 aliphatic heterocycles. The molecule has 0 atom stereocenters. The van der Waals surface area contributed by atoms with E-state index >= 15 is 0 Å². The van der Waals surface area contributed by atoms with Crippen LogP contribution < -0.4 is 5.73 Å². The molecule has 0 aliphatic rings. The minimum Gasteiger partial charge on any atom is -0.382 e. The first kappa shape index (κ1) is 6.15. The van der Waals surface area contributed by atoms with Crippen molar-refractivity contribution in [1.29, 1.82) is 0 Å². The average molecular weight is 148 g/mol. The fraction of sp³-hybridized carbons (Fsp3) is 0.143. The fourth-order valence-corrected chi connectivity index (χ4v) is 0.983. The number of imidazole rings is 1. The zero-order valence-electron chi connectivity index (χ0n) is 6.15. The molecule has 2 aromatic heterocycles. The maximum absolute atomic E-state index is 5.58. The van der Waals surface area contributed by atoms with Crippen molar-refractivity contribution in [2.75, 3.05) is 5.73 Å². The van der Waals surface area contributed by atoms with E-state index in [1.54, 1.807) is 10.7 Å². The van der Waals surface area contributed by atoms with Crippen LogP contribution >= 0.6 is 0 Å². The molecule has 0 amide bonds. The molecule has 2 heterocycles. The second-order valence-corrected chi connectivity index (χ2v) is 2.43. The van der Waals surface area contributed by atoms with Gasteiger partial charge in [-0.15, -0.1) is 0 Å². The lowest BCUT2D eigenvalue weighted by atomic mass is 10.4. The largest absolute Gasteiger partial charge is 0.382 e. The van der Waals surface area contributed by atoms with E-state index in [-0.39, 0.29) is 0 Å². The van der Waals surface area contributed by atoms with E-state index < -0.39 is 0 Å². The van der Waals surface area contributed by atoms with Gasteiger partial charge in [0.2, 0.25) is 0 Å². The van der Waals surface area contributed by atoms with Crippen LogP contribution in [-0.2, 0) is 0 Å². The van der Waals surface area contributed by atoms with Gasteiger partial charge in [-0.2, -0.15) is 9.61 Å². The highest BCUT2D eigenvalue weighted by molar-refractivity contribution is 5.45. The molecule has 0 saturated carbocycles. The van der Waals surface area contributed by atoms with Gasteiger partial charge in [-0.3, -0.25) is 0 Å². The van der Waals surface area contributed by atoms with Crippen molar-refractivity contribution in [2.45, 2.75) is 6.92 Å². The highest BCUT2D eigenvalue weighted by Crippen LogP contribution is 2.05. The molecule has 0 aliphatic carbocycles. The molecular weight excluding hydrogens is 140 g/mol. The maximum atomic E-state index is 5.58. The summed E-state index contributed by atoms with van der Waals surface area (Å²) < 4.78 is 1.62. The summed E-state index contributed by atoms with van der Waals surface area (Å²) in [5, 5.41) is 4.16. The summed E-state index contributed by atoms with van der Waals surface area (Å²) in [4.78, 5) is 4.03. The van der Waals surface area contributed by atoms with Crippen molar-refractivity contribution >= 4 is 11.5 Å².